The molecule has 0 radical (unpaired) electrons. The summed E-state index contributed by atoms with van der Waals surface area (Å²) < 4.78 is 1.98. The van der Waals surface area contributed by atoms with Crippen LogP contribution in [0.2, 0.25) is 0 Å². The molecule has 13 heavy (non-hydrogen) atoms. The van der Waals surface area contributed by atoms with E-state index in [-0.39, 0.29) is 0 Å². The zero-order valence-corrected chi connectivity index (χ0v) is 7.53. The van der Waals surface area contributed by atoms with Crippen molar-refractivity contribution in [2.24, 2.45) is 0 Å². The number of nitriles is 1. The first-order valence-electron chi connectivity index (χ1n) is 4.69. The SMILES string of the molecule is N#Cc1cccn1CCNC1CC1. The van der Waals surface area contributed by atoms with Gasteiger partial charge in [0.15, 0.2) is 0 Å². The van der Waals surface area contributed by atoms with Crippen molar-refractivity contribution in [1.82, 2.24) is 9.88 Å². The summed E-state index contributed by atoms with van der Waals surface area (Å²) >= 11 is 0. The molecule has 0 saturated heterocycles. The van der Waals surface area contributed by atoms with Crippen molar-refractivity contribution in [3.8, 4) is 6.07 Å². The van der Waals surface area contributed by atoms with Crippen LogP contribution in [0.3, 0.4) is 0 Å². The maximum Gasteiger partial charge on any atom is 0.120 e. The molecule has 0 amide bonds. The summed E-state index contributed by atoms with van der Waals surface area (Å²) in [5.74, 6) is 0. The van der Waals surface area contributed by atoms with Gasteiger partial charge in [0.2, 0.25) is 0 Å². The molecule has 0 unspecified atom stereocenters. The maximum atomic E-state index is 8.74. The van der Waals surface area contributed by atoms with Crippen LogP contribution in [0.4, 0.5) is 0 Å². The largest absolute Gasteiger partial charge is 0.338 e. The Morgan fingerprint density at radius 3 is 3.15 bits per heavy atom. The van der Waals surface area contributed by atoms with Gasteiger partial charge in [0, 0.05) is 25.3 Å². The summed E-state index contributed by atoms with van der Waals surface area (Å²) in [5.41, 5.74) is 0.748. The molecule has 68 valence electrons. The van der Waals surface area contributed by atoms with Crippen LogP contribution in [0.15, 0.2) is 18.3 Å². The standard InChI is InChI=1S/C10H13N3/c11-8-10-2-1-6-13(10)7-5-12-9-3-4-9/h1-2,6,9,12H,3-5,7H2. The summed E-state index contributed by atoms with van der Waals surface area (Å²) in [6.07, 6.45) is 4.58. The van der Waals surface area contributed by atoms with E-state index in [2.05, 4.69) is 11.4 Å². The molecule has 0 aromatic carbocycles. The predicted octanol–water partition coefficient (Wildman–Crippen LogP) is 1.11. The van der Waals surface area contributed by atoms with Gasteiger partial charge in [-0.15, -0.1) is 0 Å². The lowest BCUT2D eigenvalue weighted by atomic mass is 10.4. The third kappa shape index (κ3) is 2.10. The van der Waals surface area contributed by atoms with Crippen LogP contribution in [0.25, 0.3) is 0 Å². The van der Waals surface area contributed by atoms with Gasteiger partial charge in [0.05, 0.1) is 0 Å². The van der Waals surface area contributed by atoms with Gasteiger partial charge in [-0.2, -0.15) is 5.26 Å². The van der Waals surface area contributed by atoms with Crippen LogP contribution in [0.5, 0.6) is 0 Å². The molecular weight excluding hydrogens is 162 g/mol. The second-order valence-corrected chi connectivity index (χ2v) is 3.43. The third-order valence-electron chi connectivity index (χ3n) is 2.31. The van der Waals surface area contributed by atoms with E-state index in [1.807, 2.05) is 22.9 Å². The Labute approximate surface area is 78.0 Å². The van der Waals surface area contributed by atoms with E-state index in [0.717, 1.165) is 24.8 Å². The fraction of sp³-hybridized carbons (Fsp3) is 0.500. The molecule has 3 nitrogen and oxygen atoms in total. The van der Waals surface area contributed by atoms with E-state index in [1.165, 1.54) is 12.8 Å². The minimum Gasteiger partial charge on any atom is -0.338 e. The molecule has 1 aromatic heterocycles. The van der Waals surface area contributed by atoms with Gasteiger partial charge in [-0.05, 0) is 25.0 Å². The first kappa shape index (κ1) is 8.33. The highest BCUT2D eigenvalue weighted by molar-refractivity contribution is 5.21. The van der Waals surface area contributed by atoms with Crippen LogP contribution in [0, 0.1) is 11.3 Å². The zero-order valence-electron chi connectivity index (χ0n) is 7.53. The smallest absolute Gasteiger partial charge is 0.120 e. The number of nitrogens with zero attached hydrogens (tertiary/aromatic N) is 2. The lowest BCUT2D eigenvalue weighted by Gasteiger charge is -2.04. The van der Waals surface area contributed by atoms with Crippen molar-refractivity contribution in [3.63, 3.8) is 0 Å². The normalized spacial score (nSPS) is 15.6. The van der Waals surface area contributed by atoms with Crippen molar-refractivity contribution in [2.45, 2.75) is 25.4 Å². The number of hydrogen-bond acceptors (Lipinski definition) is 2. The summed E-state index contributed by atoms with van der Waals surface area (Å²) in [6, 6.07) is 6.67. The Kier molecular flexibility index (Phi) is 2.33. The molecule has 1 aromatic rings. The molecule has 1 saturated carbocycles. The minimum absolute atomic E-state index is 0.748. The first-order valence-corrected chi connectivity index (χ1v) is 4.69. The molecule has 3 heteroatoms. The number of rotatable bonds is 4. The van der Waals surface area contributed by atoms with Crippen molar-refractivity contribution in [2.75, 3.05) is 6.54 Å². The molecule has 2 rings (SSSR count). The fourth-order valence-electron chi connectivity index (χ4n) is 1.39. The van der Waals surface area contributed by atoms with Crippen molar-refractivity contribution >= 4 is 0 Å². The van der Waals surface area contributed by atoms with Gasteiger partial charge in [0.25, 0.3) is 0 Å². The fourth-order valence-corrected chi connectivity index (χ4v) is 1.39. The molecule has 0 bridgehead atoms. The van der Waals surface area contributed by atoms with Gasteiger partial charge < -0.3 is 9.88 Å². The molecule has 1 heterocycles. The second kappa shape index (κ2) is 3.63. The Morgan fingerprint density at radius 2 is 2.46 bits per heavy atom. The summed E-state index contributed by atoms with van der Waals surface area (Å²) in [6.45, 7) is 1.86. The van der Waals surface area contributed by atoms with Crippen LogP contribution < -0.4 is 5.32 Å². The second-order valence-electron chi connectivity index (χ2n) is 3.43. The first-order chi connectivity index (χ1) is 6.40. The van der Waals surface area contributed by atoms with E-state index in [0.29, 0.717) is 0 Å². The topological polar surface area (TPSA) is 40.8 Å². The Bertz CT molecular complexity index is 317. The Morgan fingerprint density at radius 1 is 1.62 bits per heavy atom. The van der Waals surface area contributed by atoms with Gasteiger partial charge in [-0.3, -0.25) is 0 Å². The average molecular weight is 175 g/mol. The molecule has 1 fully saturated rings. The lowest BCUT2D eigenvalue weighted by Crippen LogP contribution is -2.21. The monoisotopic (exact) mass is 175 g/mol. The summed E-state index contributed by atoms with van der Waals surface area (Å²) in [4.78, 5) is 0. The minimum atomic E-state index is 0.748. The van der Waals surface area contributed by atoms with Crippen molar-refractivity contribution in [3.05, 3.63) is 24.0 Å². The van der Waals surface area contributed by atoms with E-state index >= 15 is 0 Å². The van der Waals surface area contributed by atoms with E-state index < -0.39 is 0 Å². The third-order valence-corrected chi connectivity index (χ3v) is 2.31. The highest BCUT2D eigenvalue weighted by Crippen LogP contribution is 2.18. The van der Waals surface area contributed by atoms with Crippen molar-refractivity contribution in [1.29, 1.82) is 5.26 Å². The van der Waals surface area contributed by atoms with Crippen LogP contribution >= 0.6 is 0 Å². The Hall–Kier alpha value is -1.27. The predicted molar refractivity (Wildman–Crippen MR) is 50.2 cm³/mol. The van der Waals surface area contributed by atoms with Crippen LogP contribution in [0.1, 0.15) is 18.5 Å². The molecule has 0 aliphatic heterocycles. The Balaban J connectivity index is 1.82. The van der Waals surface area contributed by atoms with Gasteiger partial charge >= 0.3 is 0 Å². The highest BCUT2D eigenvalue weighted by atomic mass is 15.0. The molecule has 0 spiro atoms. The molecule has 0 atom stereocenters. The van der Waals surface area contributed by atoms with Gasteiger partial charge in [-0.25, -0.2) is 0 Å². The molecule has 1 aliphatic rings. The van der Waals surface area contributed by atoms with E-state index in [1.54, 1.807) is 0 Å². The average Bonchev–Trinajstić information content (AvgIpc) is 2.84. The van der Waals surface area contributed by atoms with E-state index in [4.69, 9.17) is 5.26 Å². The zero-order chi connectivity index (χ0) is 9.10. The summed E-state index contributed by atoms with van der Waals surface area (Å²) in [5, 5.41) is 12.2. The molecular formula is C10H13N3. The van der Waals surface area contributed by atoms with Gasteiger partial charge in [0.1, 0.15) is 11.8 Å². The van der Waals surface area contributed by atoms with Crippen LogP contribution in [-0.2, 0) is 6.54 Å². The van der Waals surface area contributed by atoms with Gasteiger partial charge in [-0.1, -0.05) is 0 Å². The number of nitrogens with one attached hydrogen (secondary N) is 1. The quantitative estimate of drug-likeness (QED) is 0.744. The molecule has 1 aliphatic carbocycles. The van der Waals surface area contributed by atoms with Crippen molar-refractivity contribution < 1.29 is 0 Å². The number of aromatic nitrogens is 1. The maximum absolute atomic E-state index is 8.74. The number of hydrogen-bond donors (Lipinski definition) is 1. The van der Waals surface area contributed by atoms with Crippen LogP contribution in [-0.4, -0.2) is 17.2 Å². The molecule has 1 N–H and O–H groups in total. The summed E-state index contributed by atoms with van der Waals surface area (Å²) in [7, 11) is 0. The highest BCUT2D eigenvalue weighted by Gasteiger charge is 2.19. The van der Waals surface area contributed by atoms with E-state index in [9.17, 15) is 0 Å². The lowest BCUT2D eigenvalue weighted by molar-refractivity contribution is 0.593.